The molecule has 3 rings (SSSR count). The third kappa shape index (κ3) is 8.39. The number of halogens is 3. The van der Waals surface area contributed by atoms with Crippen LogP contribution in [0.3, 0.4) is 0 Å². The van der Waals surface area contributed by atoms with Gasteiger partial charge in [-0.25, -0.2) is 17.2 Å². The van der Waals surface area contributed by atoms with Crippen LogP contribution in [0.15, 0.2) is 42.5 Å². The first kappa shape index (κ1) is 29.8. The maximum Gasteiger partial charge on any atom is 0.242 e. The lowest BCUT2D eigenvalue weighted by Crippen LogP contribution is -2.50. The molecule has 1 saturated carbocycles. The second kappa shape index (κ2) is 13.4. The minimum atomic E-state index is -3.82. The van der Waals surface area contributed by atoms with Crippen molar-refractivity contribution in [3.63, 3.8) is 0 Å². The van der Waals surface area contributed by atoms with E-state index in [1.165, 1.54) is 11.0 Å². The number of benzene rings is 2. The number of carbonyl (C=O) groups excluding carboxylic acids is 2. The summed E-state index contributed by atoms with van der Waals surface area (Å²) in [5, 5.41) is 3.57. The van der Waals surface area contributed by atoms with Crippen molar-refractivity contribution in [2.45, 2.75) is 70.5 Å². The van der Waals surface area contributed by atoms with E-state index >= 15 is 0 Å². The first-order chi connectivity index (χ1) is 18.0. The predicted molar refractivity (Wildman–Crippen MR) is 144 cm³/mol. The summed E-state index contributed by atoms with van der Waals surface area (Å²) in [5.74, 6) is -2.84. The lowest BCUT2D eigenvalue weighted by Gasteiger charge is -2.31. The lowest BCUT2D eigenvalue weighted by molar-refractivity contribution is -0.141. The minimum absolute atomic E-state index is 0.0325. The molecule has 1 aliphatic rings. The van der Waals surface area contributed by atoms with Crippen molar-refractivity contribution >= 4 is 39.1 Å². The molecule has 2 aromatic carbocycles. The quantitative estimate of drug-likeness (QED) is 0.411. The highest BCUT2D eigenvalue weighted by molar-refractivity contribution is 7.92. The zero-order chi connectivity index (χ0) is 27.9. The molecule has 0 heterocycles. The molecule has 7 nitrogen and oxygen atoms in total. The fraction of sp³-hybridized carbons (Fsp3) is 0.481. The van der Waals surface area contributed by atoms with E-state index < -0.39 is 27.7 Å². The zero-order valence-electron chi connectivity index (χ0n) is 21.6. The molecule has 1 fully saturated rings. The van der Waals surface area contributed by atoms with Crippen molar-refractivity contribution in [1.82, 2.24) is 10.2 Å². The second-order valence-electron chi connectivity index (χ2n) is 9.71. The van der Waals surface area contributed by atoms with Crippen LogP contribution in [-0.2, 0) is 26.2 Å². The summed E-state index contributed by atoms with van der Waals surface area (Å²) in [6.45, 7) is 1.70. The summed E-state index contributed by atoms with van der Waals surface area (Å²) in [7, 11) is -3.82. The Labute approximate surface area is 228 Å². The molecule has 2 aromatic rings. The molecule has 1 N–H and O–H groups in total. The van der Waals surface area contributed by atoms with Gasteiger partial charge < -0.3 is 10.2 Å². The number of nitrogens with one attached hydrogen (secondary N) is 1. The van der Waals surface area contributed by atoms with Gasteiger partial charge in [-0.3, -0.25) is 13.9 Å². The van der Waals surface area contributed by atoms with Crippen molar-refractivity contribution in [2.24, 2.45) is 0 Å². The number of nitrogens with zero attached hydrogens (tertiary/aromatic N) is 2. The molecular formula is C27H34ClF2N3O4S. The van der Waals surface area contributed by atoms with Crippen molar-refractivity contribution in [2.75, 3.05) is 17.1 Å². The molecule has 0 radical (unpaired) electrons. The first-order valence-corrected chi connectivity index (χ1v) is 15.0. The Morgan fingerprint density at radius 3 is 2.42 bits per heavy atom. The molecule has 2 amide bonds. The van der Waals surface area contributed by atoms with Crippen LogP contribution in [0, 0.1) is 11.6 Å². The number of anilines is 1. The molecule has 1 aliphatic carbocycles. The number of carbonyl (C=O) groups is 2. The second-order valence-corrected chi connectivity index (χ2v) is 12.1. The summed E-state index contributed by atoms with van der Waals surface area (Å²) in [5.41, 5.74) is 0.720. The van der Waals surface area contributed by atoms with Crippen LogP contribution in [0.2, 0.25) is 5.02 Å². The van der Waals surface area contributed by atoms with Crippen LogP contribution in [0.5, 0.6) is 0 Å². The van der Waals surface area contributed by atoms with Gasteiger partial charge in [-0.15, -0.1) is 0 Å². The summed E-state index contributed by atoms with van der Waals surface area (Å²) < 4.78 is 52.7. The Bertz CT molecular complexity index is 1240. The monoisotopic (exact) mass is 569 g/mol. The molecule has 38 heavy (non-hydrogen) atoms. The molecule has 0 aliphatic heterocycles. The molecule has 11 heteroatoms. The van der Waals surface area contributed by atoms with Crippen LogP contribution >= 0.6 is 11.6 Å². The van der Waals surface area contributed by atoms with E-state index in [-0.39, 0.29) is 49.5 Å². The molecule has 0 bridgehead atoms. The fourth-order valence-corrected chi connectivity index (χ4v) is 5.80. The molecule has 1 atom stereocenters. The first-order valence-electron chi connectivity index (χ1n) is 12.7. The van der Waals surface area contributed by atoms with E-state index in [2.05, 4.69) is 5.32 Å². The van der Waals surface area contributed by atoms with Crippen LogP contribution in [-0.4, -0.2) is 50.0 Å². The van der Waals surface area contributed by atoms with Gasteiger partial charge in [-0.05, 0) is 56.0 Å². The Hall–Kier alpha value is -2.72. The largest absolute Gasteiger partial charge is 0.352 e. The van der Waals surface area contributed by atoms with Crippen molar-refractivity contribution in [3.8, 4) is 0 Å². The summed E-state index contributed by atoms with van der Waals surface area (Å²) >= 11 is 6.12. The molecule has 0 unspecified atom stereocenters. The smallest absolute Gasteiger partial charge is 0.242 e. The number of sulfonamides is 1. The lowest BCUT2D eigenvalue weighted by atomic mass is 9.95. The molecule has 208 valence electrons. The average Bonchev–Trinajstić information content (AvgIpc) is 2.86. The van der Waals surface area contributed by atoms with Gasteiger partial charge in [0.25, 0.3) is 0 Å². The predicted octanol–water partition coefficient (Wildman–Crippen LogP) is 5.03. The Morgan fingerprint density at radius 1 is 1.08 bits per heavy atom. The Balaban J connectivity index is 1.72. The van der Waals surface area contributed by atoms with Gasteiger partial charge >= 0.3 is 0 Å². The highest BCUT2D eigenvalue weighted by atomic mass is 35.5. The highest BCUT2D eigenvalue weighted by Gasteiger charge is 2.28. The topological polar surface area (TPSA) is 86.8 Å². The summed E-state index contributed by atoms with van der Waals surface area (Å²) in [6.07, 6.45) is 6.08. The SMILES string of the molecule is C[C@H](C(=O)NC1CCCCC1)N(Cc1cccc(Cl)c1)C(=O)CCCN(c1ccc(F)c(F)c1)S(C)(=O)=O. The molecule has 0 saturated heterocycles. The molecule has 0 aromatic heterocycles. The standard InChI is InChI=1S/C27H34ClF2N3O4S/c1-19(27(35)31-22-10-4-3-5-11-22)32(18-20-8-6-9-21(28)16-20)26(34)12-7-15-33(38(2,36)37)23-13-14-24(29)25(30)17-23/h6,8-9,13-14,16-17,19,22H,3-5,7,10-12,15,18H2,1-2H3,(H,31,35)/t19-/m1/s1. The number of hydrogen-bond acceptors (Lipinski definition) is 4. The van der Waals surface area contributed by atoms with Gasteiger partial charge in [-0.1, -0.05) is 43.0 Å². The van der Waals surface area contributed by atoms with E-state index in [0.29, 0.717) is 5.02 Å². The zero-order valence-corrected chi connectivity index (χ0v) is 23.2. The Kier molecular flexibility index (Phi) is 10.5. The van der Waals surface area contributed by atoms with Crippen molar-refractivity contribution in [3.05, 3.63) is 64.7 Å². The highest BCUT2D eigenvalue weighted by Crippen LogP contribution is 2.22. The maximum absolute atomic E-state index is 13.7. The molecular weight excluding hydrogens is 536 g/mol. The van der Waals surface area contributed by atoms with Crippen LogP contribution < -0.4 is 9.62 Å². The van der Waals surface area contributed by atoms with Gasteiger partial charge in [0, 0.05) is 36.6 Å². The average molecular weight is 570 g/mol. The van der Waals surface area contributed by atoms with Crippen molar-refractivity contribution < 1.29 is 26.8 Å². The van der Waals surface area contributed by atoms with Crippen molar-refractivity contribution in [1.29, 1.82) is 0 Å². The third-order valence-corrected chi connectivity index (χ3v) is 8.13. The number of amides is 2. The third-order valence-electron chi connectivity index (χ3n) is 6.70. The van der Waals surface area contributed by atoms with E-state index in [4.69, 9.17) is 11.6 Å². The van der Waals surface area contributed by atoms with Gasteiger partial charge in [-0.2, -0.15) is 0 Å². The van der Waals surface area contributed by atoms with Crippen LogP contribution in [0.4, 0.5) is 14.5 Å². The summed E-state index contributed by atoms with van der Waals surface area (Å²) in [4.78, 5) is 27.9. The fourth-order valence-electron chi connectivity index (χ4n) is 4.63. The van der Waals surface area contributed by atoms with Crippen LogP contribution in [0.1, 0.15) is 57.4 Å². The van der Waals surface area contributed by atoms with E-state index in [1.807, 2.05) is 6.07 Å². The van der Waals surface area contributed by atoms with Gasteiger partial charge in [0.05, 0.1) is 11.9 Å². The number of rotatable bonds is 11. The maximum atomic E-state index is 13.7. The van der Waals surface area contributed by atoms with E-state index in [9.17, 15) is 26.8 Å². The van der Waals surface area contributed by atoms with Gasteiger partial charge in [0.2, 0.25) is 21.8 Å². The minimum Gasteiger partial charge on any atom is -0.352 e. The van der Waals surface area contributed by atoms with Gasteiger partial charge in [0.15, 0.2) is 11.6 Å². The Morgan fingerprint density at radius 2 is 1.79 bits per heavy atom. The summed E-state index contributed by atoms with van der Waals surface area (Å²) in [6, 6.07) is 9.17. The van der Waals surface area contributed by atoms with E-state index in [1.54, 1.807) is 25.1 Å². The molecule has 0 spiro atoms. The number of hydrogen-bond donors (Lipinski definition) is 1. The van der Waals surface area contributed by atoms with E-state index in [0.717, 1.165) is 60.4 Å². The van der Waals surface area contributed by atoms with Crippen LogP contribution in [0.25, 0.3) is 0 Å². The van der Waals surface area contributed by atoms with Gasteiger partial charge in [0.1, 0.15) is 6.04 Å². The normalized spacial score (nSPS) is 15.1.